The monoisotopic (exact) mass is 504 g/mol. The molecule has 0 unspecified atom stereocenters. The SMILES string of the molecule is CP(c1ccccc1)(c1ccccc1)(c1ccccc1)c1cc(=O)n2c(-c3ccccc3)csc2n1. The quantitative estimate of drug-likeness (QED) is 0.302. The van der Waals surface area contributed by atoms with Gasteiger partial charge >= 0.3 is 215 Å². The van der Waals surface area contributed by atoms with E-state index in [1.807, 2.05) is 53.9 Å². The van der Waals surface area contributed by atoms with Crippen LogP contribution in [0.15, 0.2) is 138 Å². The minimum atomic E-state index is -3.36. The van der Waals surface area contributed by atoms with Crippen molar-refractivity contribution < 1.29 is 0 Å². The van der Waals surface area contributed by atoms with Crippen molar-refractivity contribution in [3.05, 3.63) is 143 Å². The van der Waals surface area contributed by atoms with Crippen molar-refractivity contribution in [1.82, 2.24) is 9.38 Å². The van der Waals surface area contributed by atoms with E-state index in [0.29, 0.717) is 4.96 Å². The van der Waals surface area contributed by atoms with Crippen molar-refractivity contribution in [3.8, 4) is 11.3 Å². The molecule has 0 radical (unpaired) electrons. The molecule has 6 aromatic rings. The van der Waals surface area contributed by atoms with Crippen LogP contribution in [0.4, 0.5) is 0 Å². The number of benzene rings is 4. The third-order valence-corrected chi connectivity index (χ3v) is 14.2. The molecule has 0 fully saturated rings. The Balaban J connectivity index is 1.75. The first-order valence-electron chi connectivity index (χ1n) is 11.9. The zero-order valence-electron chi connectivity index (χ0n) is 19.9. The van der Waals surface area contributed by atoms with Crippen LogP contribution in [0.1, 0.15) is 0 Å². The van der Waals surface area contributed by atoms with Crippen LogP contribution in [-0.4, -0.2) is 16.0 Å². The molecule has 0 atom stereocenters. The van der Waals surface area contributed by atoms with E-state index in [2.05, 4.69) is 79.5 Å². The van der Waals surface area contributed by atoms with Crippen molar-refractivity contribution >= 4 is 44.2 Å². The Hall–Kier alpha value is -3.85. The van der Waals surface area contributed by atoms with E-state index in [9.17, 15) is 4.79 Å². The van der Waals surface area contributed by atoms with Crippen molar-refractivity contribution in [1.29, 1.82) is 0 Å². The van der Waals surface area contributed by atoms with Crippen molar-refractivity contribution in [3.63, 3.8) is 0 Å². The summed E-state index contributed by atoms with van der Waals surface area (Å²) in [6.45, 7) is -1.03. The molecule has 0 saturated carbocycles. The van der Waals surface area contributed by atoms with Gasteiger partial charge in [0.1, 0.15) is 0 Å². The zero-order chi connectivity index (χ0) is 24.6. The second-order valence-corrected chi connectivity index (χ2v) is 15.1. The minimum absolute atomic E-state index is 0.0613. The van der Waals surface area contributed by atoms with E-state index in [1.165, 1.54) is 27.3 Å². The van der Waals surface area contributed by atoms with Crippen LogP contribution in [0, 0.1) is 0 Å². The number of nitrogens with zero attached hydrogens (tertiary/aromatic N) is 2. The third-order valence-electron chi connectivity index (χ3n) is 7.24. The third kappa shape index (κ3) is 3.22. The molecule has 0 spiro atoms. The number of thiazole rings is 1. The van der Waals surface area contributed by atoms with E-state index in [1.54, 1.807) is 10.5 Å². The molecular formula is C31H25N2OPS. The van der Waals surface area contributed by atoms with E-state index >= 15 is 0 Å². The predicted molar refractivity (Wildman–Crippen MR) is 155 cm³/mol. The second-order valence-electron chi connectivity index (χ2n) is 9.13. The Morgan fingerprint density at radius 1 is 0.667 bits per heavy atom. The first-order chi connectivity index (χ1) is 17.6. The van der Waals surface area contributed by atoms with Gasteiger partial charge in [-0.05, 0) is 0 Å². The van der Waals surface area contributed by atoms with E-state index in [-0.39, 0.29) is 5.56 Å². The number of hydrogen-bond donors (Lipinski definition) is 0. The maximum absolute atomic E-state index is 13.9. The number of fused-ring (bicyclic) bond motifs is 1. The molecule has 0 amide bonds. The van der Waals surface area contributed by atoms with Crippen LogP contribution >= 0.6 is 17.9 Å². The summed E-state index contributed by atoms with van der Waals surface area (Å²) in [7, 11) is 0. The van der Waals surface area contributed by atoms with Gasteiger partial charge in [-0.3, -0.25) is 0 Å². The fourth-order valence-corrected chi connectivity index (χ4v) is 11.4. The Morgan fingerprint density at radius 2 is 1.11 bits per heavy atom. The molecule has 36 heavy (non-hydrogen) atoms. The number of aromatic nitrogens is 2. The Kier molecular flexibility index (Phi) is 5.44. The van der Waals surface area contributed by atoms with Gasteiger partial charge in [0.15, 0.2) is 0 Å². The van der Waals surface area contributed by atoms with Gasteiger partial charge < -0.3 is 0 Å². The topological polar surface area (TPSA) is 34.4 Å². The molecule has 0 aliphatic heterocycles. The fraction of sp³-hybridized carbons (Fsp3) is 0.0323. The zero-order valence-corrected chi connectivity index (χ0v) is 21.6. The van der Waals surface area contributed by atoms with Crippen molar-refractivity contribution in [2.75, 3.05) is 6.66 Å². The van der Waals surface area contributed by atoms with Gasteiger partial charge in [-0.1, -0.05) is 0 Å². The molecule has 2 aromatic heterocycles. The Bertz CT molecular complexity index is 1610. The first-order valence-corrected chi connectivity index (χ1v) is 15.4. The Morgan fingerprint density at radius 3 is 1.58 bits per heavy atom. The van der Waals surface area contributed by atoms with Gasteiger partial charge in [0, 0.05) is 0 Å². The van der Waals surface area contributed by atoms with Crippen LogP contribution in [0.25, 0.3) is 16.2 Å². The summed E-state index contributed by atoms with van der Waals surface area (Å²) >= 11 is 1.51. The second kappa shape index (κ2) is 8.67. The van der Waals surface area contributed by atoms with E-state index in [4.69, 9.17) is 4.98 Å². The molecule has 5 heteroatoms. The molecule has 2 heterocycles. The first kappa shape index (κ1) is 22.6. The van der Waals surface area contributed by atoms with E-state index in [0.717, 1.165) is 16.7 Å². The summed E-state index contributed by atoms with van der Waals surface area (Å²) < 4.78 is 1.74. The van der Waals surface area contributed by atoms with Gasteiger partial charge in [-0.15, -0.1) is 0 Å². The van der Waals surface area contributed by atoms with Crippen LogP contribution in [-0.2, 0) is 0 Å². The molecule has 6 rings (SSSR count). The van der Waals surface area contributed by atoms with Crippen LogP contribution in [0.5, 0.6) is 0 Å². The van der Waals surface area contributed by atoms with Gasteiger partial charge in [-0.2, -0.15) is 0 Å². The van der Waals surface area contributed by atoms with Gasteiger partial charge in [0.2, 0.25) is 0 Å². The van der Waals surface area contributed by atoms with Crippen LogP contribution < -0.4 is 26.9 Å². The fourth-order valence-electron chi connectivity index (χ4n) is 5.25. The van der Waals surface area contributed by atoms with Crippen LogP contribution in [0.2, 0.25) is 0 Å². The summed E-state index contributed by atoms with van der Waals surface area (Å²) in [5, 5.41) is 5.56. The van der Waals surface area contributed by atoms with Gasteiger partial charge in [-0.25, -0.2) is 0 Å². The van der Waals surface area contributed by atoms with Gasteiger partial charge in [0.25, 0.3) is 0 Å². The van der Waals surface area contributed by atoms with Crippen molar-refractivity contribution in [2.45, 2.75) is 0 Å². The normalized spacial score (nSPS) is 12.8. The van der Waals surface area contributed by atoms with E-state index < -0.39 is 6.60 Å². The van der Waals surface area contributed by atoms with Gasteiger partial charge in [0.05, 0.1) is 0 Å². The summed E-state index contributed by atoms with van der Waals surface area (Å²) in [6.07, 6.45) is 0. The molecular weight excluding hydrogens is 479 g/mol. The molecule has 176 valence electrons. The molecule has 4 aromatic carbocycles. The Labute approximate surface area is 214 Å². The molecule has 0 N–H and O–H groups in total. The molecule has 0 saturated heterocycles. The summed E-state index contributed by atoms with van der Waals surface area (Å²) in [6, 6.07) is 43.5. The molecule has 3 nitrogen and oxygen atoms in total. The summed E-state index contributed by atoms with van der Waals surface area (Å²) in [4.78, 5) is 19.9. The predicted octanol–water partition coefficient (Wildman–Crippen LogP) is 5.21. The standard InChI is InChI=1S/C31H25N2OPS/c1-35(25-16-8-3-9-17-25,26-18-10-4-11-19-26,27-20-12-5-13-21-27)29-22-30(34)33-28(23-36-31(33)32-29)24-14-6-2-7-15-24/h2-23H,1H3. The molecule has 0 aliphatic rings. The summed E-state index contributed by atoms with van der Waals surface area (Å²) in [5.74, 6) is 0. The molecule has 0 aliphatic carbocycles. The summed E-state index contributed by atoms with van der Waals surface area (Å²) in [5.41, 5.74) is 2.64. The average Bonchev–Trinajstić information content (AvgIpc) is 3.40. The number of hydrogen-bond acceptors (Lipinski definition) is 3. The van der Waals surface area contributed by atoms with Crippen LogP contribution in [0.3, 0.4) is 0 Å². The van der Waals surface area contributed by atoms with Crippen molar-refractivity contribution in [2.24, 2.45) is 0 Å². The average molecular weight is 505 g/mol. The molecule has 0 bridgehead atoms. The number of rotatable bonds is 5. The maximum atomic E-state index is 13.9.